The molecule has 0 bridgehead atoms. The van der Waals surface area contributed by atoms with Crippen LogP contribution in [-0.4, -0.2) is 23.8 Å². The first kappa shape index (κ1) is 19.1. The highest BCUT2D eigenvalue weighted by Crippen LogP contribution is 2.36. The molecule has 0 spiro atoms. The fourth-order valence-corrected chi connectivity index (χ4v) is 3.91. The van der Waals surface area contributed by atoms with Gasteiger partial charge in [0.05, 0.1) is 30.9 Å². The lowest BCUT2D eigenvalue weighted by Crippen LogP contribution is -1.97. The fourth-order valence-electron chi connectivity index (χ4n) is 3.91. The summed E-state index contributed by atoms with van der Waals surface area (Å²) in [6, 6.07) is 18.9. The zero-order chi connectivity index (χ0) is 21.5. The highest BCUT2D eigenvalue weighted by atomic mass is 19.1. The first-order valence-electron chi connectivity index (χ1n) is 9.67. The van der Waals surface area contributed by atoms with Crippen molar-refractivity contribution < 1.29 is 18.3 Å². The van der Waals surface area contributed by atoms with Crippen LogP contribution in [0, 0.1) is 11.6 Å². The van der Waals surface area contributed by atoms with Gasteiger partial charge in [0.1, 0.15) is 23.1 Å². The maximum atomic E-state index is 14.4. The minimum atomic E-state index is -0.657. The van der Waals surface area contributed by atoms with Gasteiger partial charge in [-0.3, -0.25) is 4.98 Å². The predicted molar refractivity (Wildman–Crippen MR) is 117 cm³/mol. The van der Waals surface area contributed by atoms with Gasteiger partial charge in [-0.15, -0.1) is 0 Å². The summed E-state index contributed by atoms with van der Waals surface area (Å²) >= 11 is 0. The summed E-state index contributed by atoms with van der Waals surface area (Å²) in [5, 5.41) is 2.09. The smallest absolute Gasteiger partial charge is 0.135 e. The molecule has 31 heavy (non-hydrogen) atoms. The van der Waals surface area contributed by atoms with Gasteiger partial charge in [-0.2, -0.15) is 0 Å². The summed E-state index contributed by atoms with van der Waals surface area (Å²) in [5.41, 5.74) is 3.30. The van der Waals surface area contributed by atoms with Crippen LogP contribution in [0.1, 0.15) is 0 Å². The van der Waals surface area contributed by atoms with Gasteiger partial charge in [-0.05, 0) is 48.5 Å². The van der Waals surface area contributed by atoms with Crippen molar-refractivity contribution in [2.75, 3.05) is 14.2 Å². The molecule has 5 rings (SSSR count). The third-order valence-corrected chi connectivity index (χ3v) is 5.39. The number of benzene rings is 3. The lowest BCUT2D eigenvalue weighted by Gasteiger charge is -2.11. The molecule has 5 aromatic rings. The number of halogens is 2. The van der Waals surface area contributed by atoms with Crippen LogP contribution in [-0.2, 0) is 0 Å². The van der Waals surface area contributed by atoms with Crippen molar-refractivity contribution in [2.45, 2.75) is 0 Å². The van der Waals surface area contributed by atoms with E-state index in [4.69, 9.17) is 9.47 Å². The monoisotopic (exact) mass is 416 g/mol. The average molecular weight is 416 g/mol. The molecule has 0 N–H and O–H groups in total. The number of ether oxygens (including phenoxy) is 2. The van der Waals surface area contributed by atoms with E-state index in [1.54, 1.807) is 26.5 Å². The van der Waals surface area contributed by atoms with E-state index >= 15 is 0 Å². The lowest BCUT2D eigenvalue weighted by molar-refractivity contribution is 0.415. The highest BCUT2D eigenvalue weighted by molar-refractivity contribution is 6.10. The Morgan fingerprint density at radius 1 is 0.742 bits per heavy atom. The van der Waals surface area contributed by atoms with Crippen molar-refractivity contribution in [1.29, 1.82) is 0 Å². The Hall–Kier alpha value is -3.93. The zero-order valence-electron chi connectivity index (χ0n) is 16.9. The minimum Gasteiger partial charge on any atom is -0.497 e. The van der Waals surface area contributed by atoms with Gasteiger partial charge in [0, 0.05) is 46.4 Å². The largest absolute Gasteiger partial charge is 0.497 e. The van der Waals surface area contributed by atoms with Crippen LogP contribution in [0.3, 0.4) is 0 Å². The highest BCUT2D eigenvalue weighted by Gasteiger charge is 2.16. The van der Waals surface area contributed by atoms with E-state index in [1.807, 2.05) is 42.5 Å². The molecule has 0 aliphatic carbocycles. The number of rotatable bonds is 4. The van der Waals surface area contributed by atoms with Gasteiger partial charge in [0.25, 0.3) is 0 Å². The van der Waals surface area contributed by atoms with Crippen molar-refractivity contribution in [2.24, 2.45) is 0 Å². The summed E-state index contributed by atoms with van der Waals surface area (Å²) in [6.45, 7) is 0. The Morgan fingerprint density at radius 3 is 1.97 bits per heavy atom. The SMILES string of the molecule is COc1ccc2c3ccc(OC)cc3n(-c3ccnc(-c4ccc(F)cc4F)c3)c2c1. The van der Waals surface area contributed by atoms with Crippen LogP contribution in [0.4, 0.5) is 8.78 Å². The Kier molecular flexibility index (Phi) is 4.55. The van der Waals surface area contributed by atoms with Crippen molar-refractivity contribution >= 4 is 21.8 Å². The normalized spacial score (nSPS) is 11.2. The first-order chi connectivity index (χ1) is 15.1. The number of hydrogen-bond donors (Lipinski definition) is 0. The summed E-state index contributed by atoms with van der Waals surface area (Å²) in [6.07, 6.45) is 1.62. The van der Waals surface area contributed by atoms with Crippen LogP contribution in [0.15, 0.2) is 72.9 Å². The number of pyridine rings is 1. The third kappa shape index (κ3) is 3.17. The molecule has 0 fully saturated rings. The van der Waals surface area contributed by atoms with E-state index in [0.717, 1.165) is 45.1 Å². The average Bonchev–Trinajstić information content (AvgIpc) is 3.11. The van der Waals surface area contributed by atoms with Crippen molar-refractivity contribution in [3.63, 3.8) is 0 Å². The third-order valence-electron chi connectivity index (χ3n) is 5.39. The zero-order valence-corrected chi connectivity index (χ0v) is 16.9. The Morgan fingerprint density at radius 2 is 1.39 bits per heavy atom. The molecule has 4 nitrogen and oxygen atoms in total. The van der Waals surface area contributed by atoms with Crippen LogP contribution >= 0.6 is 0 Å². The van der Waals surface area contributed by atoms with Crippen LogP contribution in [0.25, 0.3) is 38.8 Å². The van der Waals surface area contributed by atoms with Gasteiger partial charge in [0.2, 0.25) is 0 Å². The van der Waals surface area contributed by atoms with Gasteiger partial charge >= 0.3 is 0 Å². The first-order valence-corrected chi connectivity index (χ1v) is 9.67. The Labute approximate surface area is 177 Å². The van der Waals surface area contributed by atoms with Gasteiger partial charge in [0.15, 0.2) is 0 Å². The molecule has 0 radical (unpaired) electrons. The molecule has 154 valence electrons. The molecule has 0 saturated carbocycles. The van der Waals surface area contributed by atoms with Crippen molar-refractivity contribution in [3.8, 4) is 28.4 Å². The van der Waals surface area contributed by atoms with Crippen molar-refractivity contribution in [1.82, 2.24) is 9.55 Å². The number of aromatic nitrogens is 2. The lowest BCUT2D eigenvalue weighted by atomic mass is 10.1. The van der Waals surface area contributed by atoms with E-state index in [1.165, 1.54) is 12.1 Å². The molecule has 0 aliphatic heterocycles. The molecule has 0 aliphatic rings. The van der Waals surface area contributed by atoms with Crippen LogP contribution in [0.2, 0.25) is 0 Å². The van der Waals surface area contributed by atoms with Gasteiger partial charge in [-0.25, -0.2) is 8.78 Å². The molecular formula is C25H18F2N2O2. The molecule has 2 heterocycles. The topological polar surface area (TPSA) is 36.3 Å². The standard InChI is InChI=1S/C25H18F2N2O2/c1-30-17-4-7-19-20-8-5-18(31-2)14-25(20)29(24(19)13-17)16-9-10-28-23(12-16)21-6-3-15(26)11-22(21)27/h3-14H,1-2H3. The van der Waals surface area contributed by atoms with Crippen LogP contribution < -0.4 is 9.47 Å². The summed E-state index contributed by atoms with van der Waals surface area (Å²) < 4.78 is 40.7. The minimum absolute atomic E-state index is 0.235. The summed E-state index contributed by atoms with van der Waals surface area (Å²) in [5.74, 6) is 0.166. The molecular weight excluding hydrogens is 398 g/mol. The number of nitrogens with zero attached hydrogens (tertiary/aromatic N) is 2. The number of fused-ring (bicyclic) bond motifs is 3. The Balaban J connectivity index is 1.81. The Bertz CT molecular complexity index is 1380. The molecule has 0 saturated heterocycles. The van der Waals surface area contributed by atoms with Gasteiger partial charge < -0.3 is 14.0 Å². The van der Waals surface area contributed by atoms with Crippen LogP contribution in [0.5, 0.6) is 11.5 Å². The van der Waals surface area contributed by atoms with E-state index in [0.29, 0.717) is 5.69 Å². The summed E-state index contributed by atoms with van der Waals surface area (Å²) in [7, 11) is 3.25. The van der Waals surface area contributed by atoms with E-state index in [9.17, 15) is 8.78 Å². The second kappa shape index (κ2) is 7.40. The van der Waals surface area contributed by atoms with Crippen molar-refractivity contribution in [3.05, 3.63) is 84.6 Å². The quantitative estimate of drug-likeness (QED) is 0.353. The fraction of sp³-hybridized carbons (Fsp3) is 0.0800. The molecule has 0 amide bonds. The summed E-state index contributed by atoms with van der Waals surface area (Å²) in [4.78, 5) is 4.31. The number of hydrogen-bond acceptors (Lipinski definition) is 3. The second-order valence-corrected chi connectivity index (χ2v) is 7.13. The maximum absolute atomic E-state index is 14.4. The second-order valence-electron chi connectivity index (χ2n) is 7.13. The van der Waals surface area contributed by atoms with E-state index in [-0.39, 0.29) is 5.56 Å². The molecule has 0 atom stereocenters. The van der Waals surface area contributed by atoms with E-state index < -0.39 is 11.6 Å². The maximum Gasteiger partial charge on any atom is 0.135 e. The molecule has 3 aromatic carbocycles. The van der Waals surface area contributed by atoms with E-state index in [2.05, 4.69) is 9.55 Å². The molecule has 6 heteroatoms. The molecule has 0 unspecified atom stereocenters. The number of methoxy groups -OCH3 is 2. The molecule has 2 aromatic heterocycles. The van der Waals surface area contributed by atoms with Gasteiger partial charge in [-0.1, -0.05) is 0 Å². The predicted octanol–water partition coefficient (Wildman–Crippen LogP) is 6.14.